The molecule has 1 fully saturated rings. The second kappa shape index (κ2) is 5.82. The zero-order valence-electron chi connectivity index (χ0n) is 10.6. The molecular formula is C13H19N3O2. The number of hydrogen-bond donors (Lipinski definition) is 1. The lowest BCUT2D eigenvalue weighted by atomic mass is 10.1. The molecule has 0 saturated carbocycles. The highest BCUT2D eigenvalue weighted by molar-refractivity contribution is 5.90. The Bertz CT molecular complexity index is 414. The van der Waals surface area contributed by atoms with E-state index >= 15 is 0 Å². The Morgan fingerprint density at radius 1 is 1.50 bits per heavy atom. The molecule has 2 N–H and O–H groups in total. The van der Waals surface area contributed by atoms with Crippen molar-refractivity contribution in [2.75, 3.05) is 24.6 Å². The summed E-state index contributed by atoms with van der Waals surface area (Å²) in [4.78, 5) is 17.9. The summed E-state index contributed by atoms with van der Waals surface area (Å²) in [5, 5.41) is 0. The molecule has 0 aromatic carbocycles. The number of carbonyl (C=O) groups is 1. The summed E-state index contributed by atoms with van der Waals surface area (Å²) in [6.07, 6.45) is 5.27. The molecule has 1 aliphatic heterocycles. The zero-order valence-corrected chi connectivity index (χ0v) is 10.6. The van der Waals surface area contributed by atoms with Crippen LogP contribution in [0.25, 0.3) is 0 Å². The number of piperidine rings is 1. The van der Waals surface area contributed by atoms with Gasteiger partial charge in [0.25, 0.3) is 0 Å². The van der Waals surface area contributed by atoms with E-state index in [9.17, 15) is 4.79 Å². The highest BCUT2D eigenvalue weighted by atomic mass is 16.5. The van der Waals surface area contributed by atoms with Crippen LogP contribution in [-0.4, -0.2) is 36.7 Å². The molecule has 0 atom stereocenters. The highest BCUT2D eigenvalue weighted by Crippen LogP contribution is 2.19. The number of nitrogens with two attached hydrogens (primary N) is 1. The van der Waals surface area contributed by atoms with Gasteiger partial charge in [0.05, 0.1) is 24.1 Å². The van der Waals surface area contributed by atoms with Gasteiger partial charge in [-0.05, 0) is 25.8 Å². The van der Waals surface area contributed by atoms with E-state index in [2.05, 4.69) is 9.88 Å². The van der Waals surface area contributed by atoms with Gasteiger partial charge in [-0.1, -0.05) is 0 Å². The van der Waals surface area contributed by atoms with Crippen LogP contribution in [0.1, 0.15) is 30.1 Å². The molecule has 2 rings (SSSR count). The van der Waals surface area contributed by atoms with Gasteiger partial charge in [0.1, 0.15) is 0 Å². The zero-order chi connectivity index (χ0) is 13.0. The quantitative estimate of drug-likeness (QED) is 0.815. The van der Waals surface area contributed by atoms with Crippen LogP contribution in [0.4, 0.5) is 5.69 Å². The summed E-state index contributed by atoms with van der Waals surface area (Å²) in [6.45, 7) is 3.99. The van der Waals surface area contributed by atoms with Crippen molar-refractivity contribution < 1.29 is 9.53 Å². The molecule has 0 unspecified atom stereocenters. The lowest BCUT2D eigenvalue weighted by Crippen LogP contribution is -2.39. The Labute approximate surface area is 107 Å². The van der Waals surface area contributed by atoms with Gasteiger partial charge in [-0.3, -0.25) is 4.98 Å². The number of esters is 1. The van der Waals surface area contributed by atoms with Crippen LogP contribution >= 0.6 is 0 Å². The van der Waals surface area contributed by atoms with Gasteiger partial charge in [0.15, 0.2) is 0 Å². The SMILES string of the molecule is CCOC(=O)c1cncc(N2CCC(N)CC2)c1. The first kappa shape index (κ1) is 12.8. The van der Waals surface area contributed by atoms with Crippen LogP contribution < -0.4 is 10.6 Å². The number of aromatic nitrogens is 1. The molecule has 1 saturated heterocycles. The molecule has 0 radical (unpaired) electrons. The maximum atomic E-state index is 11.6. The van der Waals surface area contributed by atoms with Gasteiger partial charge >= 0.3 is 5.97 Å². The Hall–Kier alpha value is -1.62. The summed E-state index contributed by atoms with van der Waals surface area (Å²) in [6, 6.07) is 2.13. The standard InChI is InChI=1S/C13H19N3O2/c1-2-18-13(17)10-7-12(9-15-8-10)16-5-3-11(14)4-6-16/h7-9,11H,2-6,14H2,1H3. The van der Waals surface area contributed by atoms with Crippen LogP contribution in [0.15, 0.2) is 18.5 Å². The summed E-state index contributed by atoms with van der Waals surface area (Å²) in [5.41, 5.74) is 7.35. The van der Waals surface area contributed by atoms with E-state index in [1.807, 2.05) is 6.07 Å². The van der Waals surface area contributed by atoms with Crippen molar-refractivity contribution in [2.24, 2.45) is 5.73 Å². The number of nitrogens with zero attached hydrogens (tertiary/aromatic N) is 2. The van der Waals surface area contributed by atoms with Gasteiger partial charge in [-0.15, -0.1) is 0 Å². The Morgan fingerprint density at radius 3 is 2.89 bits per heavy atom. The Kier molecular flexibility index (Phi) is 4.15. The fourth-order valence-corrected chi connectivity index (χ4v) is 2.08. The lowest BCUT2D eigenvalue weighted by molar-refractivity contribution is 0.0526. The van der Waals surface area contributed by atoms with Gasteiger partial charge in [-0.25, -0.2) is 4.79 Å². The molecule has 98 valence electrons. The van der Waals surface area contributed by atoms with Gasteiger partial charge in [-0.2, -0.15) is 0 Å². The molecule has 18 heavy (non-hydrogen) atoms. The van der Waals surface area contributed by atoms with Crippen molar-refractivity contribution in [3.05, 3.63) is 24.0 Å². The third kappa shape index (κ3) is 2.98. The lowest BCUT2D eigenvalue weighted by Gasteiger charge is -2.31. The van der Waals surface area contributed by atoms with Gasteiger partial charge in [0, 0.05) is 25.3 Å². The number of anilines is 1. The average molecular weight is 249 g/mol. The maximum absolute atomic E-state index is 11.6. The Balaban J connectivity index is 2.09. The molecule has 0 bridgehead atoms. The van der Waals surface area contributed by atoms with Crippen LogP contribution in [0.5, 0.6) is 0 Å². The molecule has 2 heterocycles. The molecular weight excluding hydrogens is 230 g/mol. The molecule has 0 aliphatic carbocycles. The minimum atomic E-state index is -0.319. The molecule has 5 heteroatoms. The largest absolute Gasteiger partial charge is 0.462 e. The van der Waals surface area contributed by atoms with E-state index in [1.54, 1.807) is 13.1 Å². The van der Waals surface area contributed by atoms with E-state index in [4.69, 9.17) is 10.5 Å². The first-order valence-corrected chi connectivity index (χ1v) is 6.33. The molecule has 0 amide bonds. The van der Waals surface area contributed by atoms with Crippen molar-refractivity contribution in [1.82, 2.24) is 4.98 Å². The summed E-state index contributed by atoms with van der Waals surface area (Å²) >= 11 is 0. The first-order valence-electron chi connectivity index (χ1n) is 6.33. The normalized spacial score (nSPS) is 16.7. The second-order valence-corrected chi connectivity index (χ2v) is 4.48. The first-order chi connectivity index (χ1) is 8.70. The summed E-state index contributed by atoms with van der Waals surface area (Å²) in [7, 11) is 0. The minimum Gasteiger partial charge on any atom is -0.462 e. The van der Waals surface area contributed by atoms with Crippen LogP contribution in [-0.2, 0) is 4.74 Å². The number of rotatable bonds is 3. The van der Waals surface area contributed by atoms with Gasteiger partial charge < -0.3 is 15.4 Å². The van der Waals surface area contributed by atoms with Gasteiger partial charge in [0.2, 0.25) is 0 Å². The number of carbonyl (C=O) groups excluding carboxylic acids is 1. The molecule has 1 aliphatic rings. The summed E-state index contributed by atoms with van der Waals surface area (Å²) in [5.74, 6) is -0.319. The fourth-order valence-electron chi connectivity index (χ4n) is 2.08. The van der Waals surface area contributed by atoms with Crippen LogP contribution in [0.3, 0.4) is 0 Å². The molecule has 0 spiro atoms. The van der Waals surface area contributed by atoms with E-state index < -0.39 is 0 Å². The number of pyridine rings is 1. The molecule has 1 aromatic rings. The van der Waals surface area contributed by atoms with Crippen molar-refractivity contribution >= 4 is 11.7 Å². The highest BCUT2D eigenvalue weighted by Gasteiger charge is 2.17. The topological polar surface area (TPSA) is 68.5 Å². The van der Waals surface area contributed by atoms with E-state index in [-0.39, 0.29) is 5.97 Å². The van der Waals surface area contributed by atoms with Crippen molar-refractivity contribution in [3.8, 4) is 0 Å². The number of ether oxygens (including phenoxy) is 1. The van der Waals surface area contributed by atoms with Crippen LogP contribution in [0.2, 0.25) is 0 Å². The van der Waals surface area contributed by atoms with E-state index in [0.29, 0.717) is 18.2 Å². The van der Waals surface area contributed by atoms with E-state index in [1.165, 1.54) is 6.20 Å². The average Bonchev–Trinajstić information content (AvgIpc) is 2.40. The van der Waals surface area contributed by atoms with Crippen LogP contribution in [0, 0.1) is 0 Å². The predicted molar refractivity (Wildman–Crippen MR) is 69.6 cm³/mol. The third-order valence-corrected chi connectivity index (χ3v) is 3.14. The van der Waals surface area contributed by atoms with Crippen molar-refractivity contribution in [2.45, 2.75) is 25.8 Å². The minimum absolute atomic E-state index is 0.294. The third-order valence-electron chi connectivity index (χ3n) is 3.14. The second-order valence-electron chi connectivity index (χ2n) is 4.48. The predicted octanol–water partition coefficient (Wildman–Crippen LogP) is 1.19. The molecule has 5 nitrogen and oxygen atoms in total. The smallest absolute Gasteiger partial charge is 0.339 e. The number of hydrogen-bond acceptors (Lipinski definition) is 5. The monoisotopic (exact) mass is 249 g/mol. The van der Waals surface area contributed by atoms with Crippen molar-refractivity contribution in [3.63, 3.8) is 0 Å². The van der Waals surface area contributed by atoms with Crippen molar-refractivity contribution in [1.29, 1.82) is 0 Å². The fraction of sp³-hybridized carbons (Fsp3) is 0.538. The Morgan fingerprint density at radius 2 is 2.22 bits per heavy atom. The maximum Gasteiger partial charge on any atom is 0.339 e. The summed E-state index contributed by atoms with van der Waals surface area (Å²) < 4.78 is 4.97. The van der Waals surface area contributed by atoms with E-state index in [0.717, 1.165) is 31.6 Å². The molecule has 1 aromatic heterocycles.